The molecule has 0 fully saturated rings. The van der Waals surface area contributed by atoms with E-state index in [0.29, 0.717) is 16.7 Å². The van der Waals surface area contributed by atoms with E-state index in [1.807, 2.05) is 54.6 Å². The Kier molecular flexibility index (Phi) is 6.30. The number of hydrogen-bond acceptors (Lipinski definition) is 6. The summed E-state index contributed by atoms with van der Waals surface area (Å²) < 4.78 is 11.0. The zero-order valence-electron chi connectivity index (χ0n) is 14.1. The quantitative estimate of drug-likeness (QED) is 0.410. The Morgan fingerprint density at radius 2 is 1.88 bits per heavy atom. The van der Waals surface area contributed by atoms with Gasteiger partial charge in [0.1, 0.15) is 0 Å². The SMILES string of the molecule is CC(OC(=O)CCSc1ccccc1Cl)c1nnc(-c2ccccc2)o1. The standard InChI is InChI=1S/C19H17ClN2O3S/c1-13(18-21-22-19(25-18)14-7-3-2-4-8-14)24-17(23)11-12-26-16-10-6-5-9-15(16)20/h2-10,13H,11-12H2,1H3. The van der Waals surface area contributed by atoms with Gasteiger partial charge >= 0.3 is 5.97 Å². The number of thioether (sulfide) groups is 1. The number of hydrogen-bond donors (Lipinski definition) is 0. The number of halogens is 1. The average molecular weight is 389 g/mol. The van der Waals surface area contributed by atoms with Gasteiger partial charge in [-0.1, -0.05) is 41.9 Å². The van der Waals surface area contributed by atoms with Crippen molar-refractivity contribution in [3.63, 3.8) is 0 Å². The Balaban J connectivity index is 1.50. The number of rotatable bonds is 7. The summed E-state index contributed by atoms with van der Waals surface area (Å²) in [4.78, 5) is 13.0. The lowest BCUT2D eigenvalue weighted by Gasteiger charge is -2.09. The fourth-order valence-electron chi connectivity index (χ4n) is 2.21. The van der Waals surface area contributed by atoms with Gasteiger partial charge < -0.3 is 9.15 Å². The maximum Gasteiger partial charge on any atom is 0.307 e. The molecule has 0 spiro atoms. The van der Waals surface area contributed by atoms with E-state index in [2.05, 4.69) is 10.2 Å². The predicted octanol–water partition coefficient (Wildman–Crippen LogP) is 5.18. The summed E-state index contributed by atoms with van der Waals surface area (Å²) >= 11 is 7.61. The number of aromatic nitrogens is 2. The molecule has 1 unspecified atom stereocenters. The van der Waals surface area contributed by atoms with Gasteiger partial charge in [0.15, 0.2) is 6.10 Å². The van der Waals surface area contributed by atoms with E-state index in [0.717, 1.165) is 10.5 Å². The highest BCUT2D eigenvalue weighted by molar-refractivity contribution is 7.99. The Labute approximate surface area is 160 Å². The van der Waals surface area contributed by atoms with E-state index in [4.69, 9.17) is 20.8 Å². The van der Waals surface area contributed by atoms with Gasteiger partial charge in [-0.2, -0.15) is 0 Å². The predicted molar refractivity (Wildman–Crippen MR) is 101 cm³/mol. The Morgan fingerprint density at radius 3 is 2.65 bits per heavy atom. The van der Waals surface area contributed by atoms with Crippen LogP contribution in [0.25, 0.3) is 11.5 Å². The Morgan fingerprint density at radius 1 is 1.15 bits per heavy atom. The highest BCUT2D eigenvalue weighted by atomic mass is 35.5. The molecule has 0 aliphatic heterocycles. The van der Waals surface area contributed by atoms with Crippen molar-refractivity contribution in [2.75, 3.05) is 5.75 Å². The highest BCUT2D eigenvalue weighted by Gasteiger charge is 2.19. The fourth-order valence-corrected chi connectivity index (χ4v) is 3.38. The largest absolute Gasteiger partial charge is 0.453 e. The van der Waals surface area contributed by atoms with Gasteiger partial charge in [0.2, 0.25) is 5.89 Å². The zero-order chi connectivity index (χ0) is 18.4. The van der Waals surface area contributed by atoms with Crippen LogP contribution in [-0.4, -0.2) is 21.9 Å². The molecule has 0 radical (unpaired) electrons. The summed E-state index contributed by atoms with van der Waals surface area (Å²) in [6, 6.07) is 17.0. The first-order valence-electron chi connectivity index (χ1n) is 8.09. The van der Waals surface area contributed by atoms with Gasteiger partial charge in [-0.25, -0.2) is 0 Å². The molecule has 3 rings (SSSR count). The van der Waals surface area contributed by atoms with Gasteiger partial charge in [0.05, 0.1) is 11.4 Å². The molecule has 0 saturated heterocycles. The summed E-state index contributed by atoms with van der Waals surface area (Å²) in [5, 5.41) is 8.65. The monoisotopic (exact) mass is 388 g/mol. The van der Waals surface area contributed by atoms with Crippen LogP contribution in [0.5, 0.6) is 0 Å². The molecule has 2 aromatic carbocycles. The topological polar surface area (TPSA) is 65.2 Å². The lowest BCUT2D eigenvalue weighted by Crippen LogP contribution is -2.09. The van der Waals surface area contributed by atoms with Crippen LogP contribution in [0, 0.1) is 0 Å². The number of nitrogens with zero attached hydrogens (tertiary/aromatic N) is 2. The van der Waals surface area contributed by atoms with Crippen LogP contribution < -0.4 is 0 Å². The van der Waals surface area contributed by atoms with E-state index in [1.54, 1.807) is 6.92 Å². The summed E-state index contributed by atoms with van der Waals surface area (Å²) in [5.41, 5.74) is 0.820. The second-order valence-electron chi connectivity index (χ2n) is 5.47. The molecular formula is C19H17ClN2O3S. The molecule has 1 aromatic heterocycles. The molecule has 7 heteroatoms. The van der Waals surface area contributed by atoms with E-state index in [-0.39, 0.29) is 18.3 Å². The molecule has 26 heavy (non-hydrogen) atoms. The van der Waals surface area contributed by atoms with Gasteiger partial charge in [-0.15, -0.1) is 22.0 Å². The third-order valence-electron chi connectivity index (χ3n) is 3.52. The van der Waals surface area contributed by atoms with Crippen LogP contribution in [-0.2, 0) is 9.53 Å². The van der Waals surface area contributed by atoms with Crippen LogP contribution in [0.15, 0.2) is 63.9 Å². The molecule has 0 bridgehead atoms. The van der Waals surface area contributed by atoms with E-state index in [9.17, 15) is 4.79 Å². The third kappa shape index (κ3) is 4.86. The molecule has 3 aromatic rings. The van der Waals surface area contributed by atoms with Crippen LogP contribution in [0.4, 0.5) is 0 Å². The molecule has 0 aliphatic carbocycles. The number of carbonyl (C=O) groups excluding carboxylic acids is 1. The van der Waals surface area contributed by atoms with Crippen molar-refractivity contribution < 1.29 is 13.9 Å². The minimum Gasteiger partial charge on any atom is -0.453 e. The van der Waals surface area contributed by atoms with E-state index >= 15 is 0 Å². The summed E-state index contributed by atoms with van der Waals surface area (Å²) in [6.07, 6.45) is -0.335. The van der Waals surface area contributed by atoms with Crippen LogP contribution in [0.3, 0.4) is 0 Å². The lowest BCUT2D eigenvalue weighted by atomic mass is 10.2. The number of ether oxygens (including phenoxy) is 1. The first-order valence-corrected chi connectivity index (χ1v) is 9.45. The lowest BCUT2D eigenvalue weighted by molar-refractivity contribution is -0.149. The minimum atomic E-state index is -0.599. The van der Waals surface area contributed by atoms with Crippen molar-refractivity contribution in [3.8, 4) is 11.5 Å². The van der Waals surface area contributed by atoms with Crippen molar-refractivity contribution in [2.24, 2.45) is 0 Å². The van der Waals surface area contributed by atoms with Crippen molar-refractivity contribution in [3.05, 3.63) is 65.5 Å². The zero-order valence-corrected chi connectivity index (χ0v) is 15.7. The van der Waals surface area contributed by atoms with Gasteiger partial charge in [-0.05, 0) is 31.2 Å². The van der Waals surface area contributed by atoms with E-state index in [1.165, 1.54) is 11.8 Å². The fraction of sp³-hybridized carbons (Fsp3) is 0.211. The molecule has 0 N–H and O–H groups in total. The molecule has 5 nitrogen and oxygen atoms in total. The third-order valence-corrected chi connectivity index (χ3v) is 5.03. The molecule has 0 amide bonds. The normalized spacial score (nSPS) is 11.9. The maximum atomic E-state index is 12.0. The minimum absolute atomic E-state index is 0.264. The van der Waals surface area contributed by atoms with Gasteiger partial charge in [-0.3, -0.25) is 4.79 Å². The van der Waals surface area contributed by atoms with Crippen LogP contribution in [0.1, 0.15) is 25.3 Å². The van der Waals surface area contributed by atoms with Crippen molar-refractivity contribution >= 4 is 29.3 Å². The van der Waals surface area contributed by atoms with Crippen LogP contribution in [0.2, 0.25) is 5.02 Å². The summed E-state index contributed by atoms with van der Waals surface area (Å²) in [6.45, 7) is 1.71. The number of benzene rings is 2. The van der Waals surface area contributed by atoms with Gasteiger partial charge in [0, 0.05) is 16.2 Å². The molecule has 0 saturated carbocycles. The maximum absolute atomic E-state index is 12.0. The number of carbonyl (C=O) groups is 1. The molecule has 134 valence electrons. The first kappa shape index (κ1) is 18.5. The molecule has 0 aliphatic rings. The highest BCUT2D eigenvalue weighted by Crippen LogP contribution is 2.27. The molecular weight excluding hydrogens is 372 g/mol. The summed E-state index contributed by atoms with van der Waals surface area (Å²) in [5.74, 6) is 0.930. The first-order chi connectivity index (χ1) is 12.6. The second-order valence-corrected chi connectivity index (χ2v) is 7.02. The second kappa shape index (κ2) is 8.87. The van der Waals surface area contributed by atoms with Crippen LogP contribution >= 0.6 is 23.4 Å². The number of esters is 1. The smallest absolute Gasteiger partial charge is 0.307 e. The Bertz CT molecular complexity index is 870. The van der Waals surface area contributed by atoms with Crippen molar-refractivity contribution in [1.29, 1.82) is 0 Å². The van der Waals surface area contributed by atoms with Gasteiger partial charge in [0.25, 0.3) is 5.89 Å². The molecule has 1 heterocycles. The Hall–Kier alpha value is -2.31. The van der Waals surface area contributed by atoms with Crippen molar-refractivity contribution in [2.45, 2.75) is 24.3 Å². The summed E-state index contributed by atoms with van der Waals surface area (Å²) in [7, 11) is 0. The van der Waals surface area contributed by atoms with Crippen molar-refractivity contribution in [1.82, 2.24) is 10.2 Å². The molecule has 1 atom stereocenters. The van der Waals surface area contributed by atoms with E-state index < -0.39 is 6.10 Å². The average Bonchev–Trinajstić information content (AvgIpc) is 3.14.